The van der Waals surface area contributed by atoms with E-state index in [4.69, 9.17) is 0 Å². The van der Waals surface area contributed by atoms with Crippen LogP contribution >= 0.6 is 15.9 Å². The average molecular weight is 299 g/mol. The standard InChI is InChI=1S/C13H19BrN2O/c1-15-6-8-16(9-7-15)13(10-17)11-4-2-3-5-12(11)14/h2-5,13,17H,6-10H2,1H3. The topological polar surface area (TPSA) is 26.7 Å². The molecule has 4 heteroatoms. The molecule has 1 aromatic rings. The highest BCUT2D eigenvalue weighted by atomic mass is 79.9. The quantitative estimate of drug-likeness (QED) is 0.921. The summed E-state index contributed by atoms with van der Waals surface area (Å²) < 4.78 is 1.08. The van der Waals surface area contributed by atoms with Crippen molar-refractivity contribution in [2.75, 3.05) is 39.8 Å². The van der Waals surface area contributed by atoms with E-state index in [0.717, 1.165) is 30.7 Å². The Bertz CT molecular complexity index is 364. The molecule has 1 atom stereocenters. The second kappa shape index (κ2) is 5.96. The van der Waals surface area contributed by atoms with Gasteiger partial charge < -0.3 is 10.0 Å². The van der Waals surface area contributed by atoms with Crippen LogP contribution in [0.3, 0.4) is 0 Å². The number of piperazine rings is 1. The summed E-state index contributed by atoms with van der Waals surface area (Å²) in [5.41, 5.74) is 1.18. The van der Waals surface area contributed by atoms with E-state index >= 15 is 0 Å². The first-order valence-electron chi connectivity index (χ1n) is 6.00. The van der Waals surface area contributed by atoms with Crippen molar-refractivity contribution >= 4 is 15.9 Å². The van der Waals surface area contributed by atoms with Gasteiger partial charge in [-0.1, -0.05) is 34.1 Å². The largest absolute Gasteiger partial charge is 0.394 e. The normalized spacial score (nSPS) is 20.4. The van der Waals surface area contributed by atoms with Crippen molar-refractivity contribution in [1.82, 2.24) is 9.80 Å². The molecule has 0 spiro atoms. The molecule has 0 aromatic heterocycles. The van der Waals surface area contributed by atoms with Crippen molar-refractivity contribution in [3.63, 3.8) is 0 Å². The van der Waals surface area contributed by atoms with E-state index in [0.29, 0.717) is 0 Å². The fraction of sp³-hybridized carbons (Fsp3) is 0.538. The molecule has 1 fully saturated rings. The van der Waals surface area contributed by atoms with Crippen molar-refractivity contribution < 1.29 is 5.11 Å². The Hall–Kier alpha value is -0.420. The van der Waals surface area contributed by atoms with Crippen molar-refractivity contribution in [1.29, 1.82) is 0 Å². The lowest BCUT2D eigenvalue weighted by molar-refractivity contribution is 0.0745. The average Bonchev–Trinajstić information content (AvgIpc) is 2.35. The number of nitrogens with zero attached hydrogens (tertiary/aromatic N) is 2. The van der Waals surface area contributed by atoms with E-state index in [1.54, 1.807) is 0 Å². The Labute approximate surface area is 111 Å². The second-order valence-corrected chi connectivity index (χ2v) is 5.41. The molecule has 1 N–H and O–H groups in total. The monoisotopic (exact) mass is 298 g/mol. The predicted octanol–water partition coefficient (Wildman–Crippen LogP) is 1.73. The molecule has 0 radical (unpaired) electrons. The van der Waals surface area contributed by atoms with Gasteiger partial charge in [0.15, 0.2) is 0 Å². The molecule has 2 rings (SSSR count). The van der Waals surface area contributed by atoms with Gasteiger partial charge in [0.05, 0.1) is 12.6 Å². The summed E-state index contributed by atoms with van der Waals surface area (Å²) in [5, 5.41) is 9.65. The van der Waals surface area contributed by atoms with Crippen LogP contribution in [0.4, 0.5) is 0 Å². The highest BCUT2D eigenvalue weighted by molar-refractivity contribution is 9.10. The molecular formula is C13H19BrN2O. The molecule has 3 nitrogen and oxygen atoms in total. The van der Waals surface area contributed by atoms with E-state index in [1.165, 1.54) is 5.56 Å². The Morgan fingerprint density at radius 1 is 1.24 bits per heavy atom. The Morgan fingerprint density at radius 2 is 1.88 bits per heavy atom. The number of benzene rings is 1. The third-order valence-corrected chi connectivity index (χ3v) is 4.14. The van der Waals surface area contributed by atoms with Crippen molar-refractivity contribution in [2.24, 2.45) is 0 Å². The van der Waals surface area contributed by atoms with E-state index < -0.39 is 0 Å². The lowest BCUT2D eigenvalue weighted by Crippen LogP contribution is -2.46. The molecular weight excluding hydrogens is 280 g/mol. The zero-order chi connectivity index (χ0) is 12.3. The molecule has 0 aliphatic carbocycles. The van der Waals surface area contributed by atoms with Gasteiger partial charge in [0.1, 0.15) is 0 Å². The lowest BCUT2D eigenvalue weighted by atomic mass is 10.1. The van der Waals surface area contributed by atoms with Crippen molar-refractivity contribution in [2.45, 2.75) is 6.04 Å². The number of hydrogen-bond donors (Lipinski definition) is 1. The first kappa shape index (κ1) is 13.0. The third-order valence-electron chi connectivity index (χ3n) is 3.42. The smallest absolute Gasteiger partial charge is 0.0629 e. The van der Waals surface area contributed by atoms with Crippen molar-refractivity contribution in [3.8, 4) is 0 Å². The summed E-state index contributed by atoms with van der Waals surface area (Å²) in [5.74, 6) is 0. The minimum atomic E-state index is 0.110. The maximum atomic E-state index is 9.65. The van der Waals surface area contributed by atoms with Gasteiger partial charge >= 0.3 is 0 Å². The molecule has 1 aromatic carbocycles. The first-order valence-corrected chi connectivity index (χ1v) is 6.79. The summed E-state index contributed by atoms with van der Waals surface area (Å²) in [4.78, 5) is 4.69. The van der Waals surface area contributed by atoms with Gasteiger partial charge in [-0.15, -0.1) is 0 Å². The summed E-state index contributed by atoms with van der Waals surface area (Å²) in [7, 11) is 2.14. The Morgan fingerprint density at radius 3 is 2.47 bits per heavy atom. The first-order chi connectivity index (χ1) is 8.22. The maximum Gasteiger partial charge on any atom is 0.0629 e. The van der Waals surface area contributed by atoms with Crippen LogP contribution in [0.2, 0.25) is 0 Å². The molecule has 0 amide bonds. The summed E-state index contributed by atoms with van der Waals surface area (Å²) >= 11 is 3.57. The van der Waals surface area contributed by atoms with Crippen LogP contribution in [-0.2, 0) is 0 Å². The van der Waals surface area contributed by atoms with Gasteiger partial charge in [0.2, 0.25) is 0 Å². The number of aliphatic hydroxyl groups is 1. The molecule has 1 unspecified atom stereocenters. The number of halogens is 1. The van der Waals surface area contributed by atoms with Gasteiger partial charge in [-0.05, 0) is 18.7 Å². The number of aliphatic hydroxyl groups excluding tert-OH is 1. The van der Waals surface area contributed by atoms with Gasteiger partial charge in [-0.2, -0.15) is 0 Å². The summed E-state index contributed by atoms with van der Waals surface area (Å²) in [6.07, 6.45) is 0. The van der Waals surface area contributed by atoms with Crippen LogP contribution in [-0.4, -0.2) is 54.7 Å². The molecule has 1 heterocycles. The van der Waals surface area contributed by atoms with E-state index in [2.05, 4.69) is 38.8 Å². The molecule has 1 aliphatic rings. The molecule has 0 bridgehead atoms. The van der Waals surface area contributed by atoms with Crippen LogP contribution < -0.4 is 0 Å². The van der Waals surface area contributed by atoms with Crippen molar-refractivity contribution in [3.05, 3.63) is 34.3 Å². The second-order valence-electron chi connectivity index (χ2n) is 4.56. The zero-order valence-corrected chi connectivity index (χ0v) is 11.7. The predicted molar refractivity (Wildman–Crippen MR) is 73.0 cm³/mol. The van der Waals surface area contributed by atoms with Gasteiger partial charge in [-0.3, -0.25) is 4.90 Å². The lowest BCUT2D eigenvalue weighted by Gasteiger charge is -2.37. The number of rotatable bonds is 3. The molecule has 0 saturated carbocycles. The zero-order valence-electron chi connectivity index (χ0n) is 10.1. The molecule has 17 heavy (non-hydrogen) atoms. The highest BCUT2D eigenvalue weighted by Crippen LogP contribution is 2.28. The summed E-state index contributed by atoms with van der Waals surface area (Å²) in [6, 6.07) is 8.27. The highest BCUT2D eigenvalue weighted by Gasteiger charge is 2.24. The Balaban J connectivity index is 2.14. The van der Waals surface area contributed by atoms with E-state index in [-0.39, 0.29) is 12.6 Å². The molecule has 1 saturated heterocycles. The summed E-state index contributed by atoms with van der Waals surface area (Å²) in [6.45, 7) is 4.35. The molecule has 1 aliphatic heterocycles. The van der Waals surface area contributed by atoms with E-state index in [9.17, 15) is 5.11 Å². The minimum Gasteiger partial charge on any atom is -0.394 e. The van der Waals surface area contributed by atoms with Gasteiger partial charge in [0, 0.05) is 30.7 Å². The fourth-order valence-electron chi connectivity index (χ4n) is 2.29. The van der Waals surface area contributed by atoms with Gasteiger partial charge in [0.25, 0.3) is 0 Å². The minimum absolute atomic E-state index is 0.110. The number of hydrogen-bond acceptors (Lipinski definition) is 3. The van der Waals surface area contributed by atoms with Crippen LogP contribution in [0.5, 0.6) is 0 Å². The van der Waals surface area contributed by atoms with Crippen LogP contribution in [0.15, 0.2) is 28.7 Å². The SMILES string of the molecule is CN1CCN(C(CO)c2ccccc2Br)CC1. The van der Waals surface area contributed by atoms with Crippen LogP contribution in [0.1, 0.15) is 11.6 Å². The maximum absolute atomic E-state index is 9.65. The molecule has 94 valence electrons. The van der Waals surface area contributed by atoms with Crippen LogP contribution in [0.25, 0.3) is 0 Å². The van der Waals surface area contributed by atoms with Crippen LogP contribution in [0, 0.1) is 0 Å². The fourth-order valence-corrected chi connectivity index (χ4v) is 2.84. The number of likely N-dealkylation sites (N-methyl/N-ethyl adjacent to an activating group) is 1. The van der Waals surface area contributed by atoms with Gasteiger partial charge in [-0.25, -0.2) is 0 Å². The third kappa shape index (κ3) is 3.07. The van der Waals surface area contributed by atoms with E-state index in [1.807, 2.05) is 18.2 Å². The Kier molecular flexibility index (Phi) is 4.56.